The van der Waals surface area contributed by atoms with Gasteiger partial charge in [0.1, 0.15) is 11.0 Å². The van der Waals surface area contributed by atoms with Crippen LogP contribution in [0.3, 0.4) is 0 Å². The molecule has 3 aromatic rings. The van der Waals surface area contributed by atoms with Crippen molar-refractivity contribution in [1.29, 1.82) is 0 Å². The van der Waals surface area contributed by atoms with Crippen LogP contribution < -0.4 is 0 Å². The standard InChI is InChI=1S/C19H20ClFN2O2S/c1-23-9-12(6-17(23)13-3-2-4-15(21)7-13)5-14(8-16(25)10-24)19-22-18(20)11-26-19/h2-4,6-7,9,11,14,16,24-25H,5,8,10H2,1H3. The van der Waals surface area contributed by atoms with Crippen molar-refractivity contribution in [2.75, 3.05) is 6.61 Å². The van der Waals surface area contributed by atoms with E-state index >= 15 is 0 Å². The third kappa shape index (κ3) is 4.51. The van der Waals surface area contributed by atoms with Crippen LogP contribution in [0.5, 0.6) is 0 Å². The Morgan fingerprint density at radius 1 is 1.35 bits per heavy atom. The van der Waals surface area contributed by atoms with Crippen molar-refractivity contribution < 1.29 is 14.6 Å². The van der Waals surface area contributed by atoms with Gasteiger partial charge in [0.05, 0.1) is 17.7 Å². The number of benzene rings is 1. The summed E-state index contributed by atoms with van der Waals surface area (Å²) >= 11 is 7.40. The third-order valence-electron chi connectivity index (χ3n) is 4.27. The molecule has 2 N–H and O–H groups in total. The van der Waals surface area contributed by atoms with E-state index in [1.807, 2.05) is 29.9 Å². The van der Waals surface area contributed by atoms with Gasteiger partial charge in [-0.2, -0.15) is 0 Å². The maximum atomic E-state index is 13.5. The maximum absolute atomic E-state index is 13.5. The van der Waals surface area contributed by atoms with Gasteiger partial charge in [0.2, 0.25) is 0 Å². The minimum atomic E-state index is -0.811. The van der Waals surface area contributed by atoms with Crippen LogP contribution in [0, 0.1) is 5.82 Å². The smallest absolute Gasteiger partial charge is 0.140 e. The highest BCUT2D eigenvalue weighted by Gasteiger charge is 2.21. The lowest BCUT2D eigenvalue weighted by Gasteiger charge is -2.16. The molecule has 2 heterocycles. The minimum absolute atomic E-state index is 0.0580. The van der Waals surface area contributed by atoms with Gasteiger partial charge in [0.15, 0.2) is 0 Å². The first-order chi connectivity index (χ1) is 12.5. The summed E-state index contributed by atoms with van der Waals surface area (Å²) in [6.45, 7) is -0.293. The lowest BCUT2D eigenvalue weighted by Crippen LogP contribution is -2.17. The first kappa shape index (κ1) is 19.0. The van der Waals surface area contributed by atoms with Crippen LogP contribution in [0.1, 0.15) is 22.9 Å². The second kappa shape index (κ2) is 8.31. The van der Waals surface area contributed by atoms with Crippen LogP contribution in [0.25, 0.3) is 11.3 Å². The molecule has 0 aliphatic carbocycles. The molecule has 26 heavy (non-hydrogen) atoms. The fourth-order valence-corrected chi connectivity index (χ4v) is 4.16. The average molecular weight is 395 g/mol. The molecule has 1 aromatic carbocycles. The number of hydrogen-bond acceptors (Lipinski definition) is 4. The summed E-state index contributed by atoms with van der Waals surface area (Å²) in [6, 6.07) is 8.51. The largest absolute Gasteiger partial charge is 0.394 e. The summed E-state index contributed by atoms with van der Waals surface area (Å²) < 4.78 is 15.5. The first-order valence-electron chi connectivity index (χ1n) is 8.27. The van der Waals surface area contributed by atoms with E-state index in [2.05, 4.69) is 4.98 Å². The van der Waals surface area contributed by atoms with Gasteiger partial charge in [-0.1, -0.05) is 23.7 Å². The van der Waals surface area contributed by atoms with E-state index in [0.29, 0.717) is 18.0 Å². The lowest BCUT2D eigenvalue weighted by atomic mass is 9.95. The Morgan fingerprint density at radius 2 is 2.15 bits per heavy atom. The highest BCUT2D eigenvalue weighted by atomic mass is 35.5. The number of aliphatic hydroxyl groups excluding tert-OH is 2. The molecule has 0 radical (unpaired) electrons. The van der Waals surface area contributed by atoms with Gasteiger partial charge in [0, 0.05) is 35.8 Å². The minimum Gasteiger partial charge on any atom is -0.394 e. The molecule has 0 aliphatic rings. The van der Waals surface area contributed by atoms with E-state index in [9.17, 15) is 14.6 Å². The molecule has 7 heteroatoms. The molecule has 0 bridgehead atoms. The molecule has 3 rings (SSSR count). The number of nitrogens with zero attached hydrogens (tertiary/aromatic N) is 2. The van der Waals surface area contributed by atoms with Crippen LogP contribution in [0.2, 0.25) is 5.15 Å². The van der Waals surface area contributed by atoms with Crippen molar-refractivity contribution in [3.63, 3.8) is 0 Å². The van der Waals surface area contributed by atoms with Gasteiger partial charge in [0.25, 0.3) is 0 Å². The Kier molecular flexibility index (Phi) is 6.09. The summed E-state index contributed by atoms with van der Waals surface area (Å²) in [6.07, 6.45) is 2.22. The van der Waals surface area contributed by atoms with E-state index in [1.165, 1.54) is 23.5 Å². The molecule has 0 saturated heterocycles. The van der Waals surface area contributed by atoms with E-state index in [0.717, 1.165) is 21.8 Å². The third-order valence-corrected chi connectivity index (χ3v) is 5.60. The van der Waals surface area contributed by atoms with Gasteiger partial charge < -0.3 is 14.8 Å². The number of halogens is 2. The van der Waals surface area contributed by atoms with Crippen molar-refractivity contribution in [3.05, 3.63) is 63.5 Å². The SMILES string of the molecule is Cn1cc(CC(CC(O)CO)c2nc(Cl)cs2)cc1-c1cccc(F)c1. The Labute approximate surface area is 160 Å². The van der Waals surface area contributed by atoms with Crippen molar-refractivity contribution in [2.24, 2.45) is 7.05 Å². The highest BCUT2D eigenvalue weighted by molar-refractivity contribution is 7.10. The molecule has 0 saturated carbocycles. The molecule has 2 unspecified atom stereocenters. The number of aliphatic hydroxyl groups is 2. The Bertz CT molecular complexity index is 880. The topological polar surface area (TPSA) is 58.3 Å². The number of aryl methyl sites for hydroxylation is 1. The van der Waals surface area contributed by atoms with Gasteiger partial charge in [-0.05, 0) is 36.6 Å². The summed E-state index contributed by atoms with van der Waals surface area (Å²) in [5.74, 6) is -0.330. The van der Waals surface area contributed by atoms with Gasteiger partial charge in [-0.15, -0.1) is 11.3 Å². The predicted molar refractivity (Wildman–Crippen MR) is 102 cm³/mol. The molecule has 4 nitrogen and oxygen atoms in total. The number of aromatic nitrogens is 2. The zero-order chi connectivity index (χ0) is 18.7. The maximum Gasteiger partial charge on any atom is 0.140 e. The van der Waals surface area contributed by atoms with Crippen molar-refractivity contribution in [2.45, 2.75) is 24.9 Å². The van der Waals surface area contributed by atoms with Crippen LogP contribution in [0.4, 0.5) is 4.39 Å². The second-order valence-corrected chi connectivity index (χ2v) is 7.61. The fourth-order valence-electron chi connectivity index (χ4n) is 3.09. The summed E-state index contributed by atoms with van der Waals surface area (Å²) in [7, 11) is 1.92. The van der Waals surface area contributed by atoms with Crippen LogP contribution >= 0.6 is 22.9 Å². The van der Waals surface area contributed by atoms with E-state index in [-0.39, 0.29) is 18.3 Å². The molecule has 138 valence electrons. The number of rotatable bonds is 7. The molecule has 0 amide bonds. The van der Waals surface area contributed by atoms with Gasteiger partial charge in [-0.25, -0.2) is 9.37 Å². The monoisotopic (exact) mass is 394 g/mol. The van der Waals surface area contributed by atoms with E-state index in [1.54, 1.807) is 11.4 Å². The van der Waals surface area contributed by atoms with Gasteiger partial charge in [-0.3, -0.25) is 0 Å². The van der Waals surface area contributed by atoms with Gasteiger partial charge >= 0.3 is 0 Å². The van der Waals surface area contributed by atoms with Crippen LogP contribution in [-0.4, -0.2) is 32.5 Å². The van der Waals surface area contributed by atoms with Crippen molar-refractivity contribution in [3.8, 4) is 11.3 Å². The fraction of sp³-hybridized carbons (Fsp3) is 0.316. The zero-order valence-corrected chi connectivity index (χ0v) is 15.8. The summed E-state index contributed by atoms with van der Waals surface area (Å²) in [4.78, 5) is 4.33. The Hall–Kier alpha value is -1.73. The highest BCUT2D eigenvalue weighted by Crippen LogP contribution is 2.31. The Morgan fingerprint density at radius 3 is 2.81 bits per heavy atom. The van der Waals surface area contributed by atoms with Crippen LogP contribution in [-0.2, 0) is 13.5 Å². The quantitative estimate of drug-likeness (QED) is 0.636. The summed E-state index contributed by atoms with van der Waals surface area (Å²) in [5, 5.41) is 22.1. The number of thiazole rings is 1. The number of hydrogen-bond donors (Lipinski definition) is 2. The van der Waals surface area contributed by atoms with Crippen molar-refractivity contribution >= 4 is 22.9 Å². The normalized spacial score (nSPS) is 13.7. The zero-order valence-electron chi connectivity index (χ0n) is 14.3. The Balaban J connectivity index is 1.86. The molecule has 0 fully saturated rings. The summed E-state index contributed by atoms with van der Waals surface area (Å²) in [5.41, 5.74) is 2.77. The molecular weight excluding hydrogens is 375 g/mol. The second-order valence-electron chi connectivity index (χ2n) is 6.34. The first-order valence-corrected chi connectivity index (χ1v) is 9.53. The molecule has 2 aromatic heterocycles. The molecular formula is C19H20ClFN2O2S. The molecule has 0 aliphatic heterocycles. The lowest BCUT2D eigenvalue weighted by molar-refractivity contribution is 0.0820. The predicted octanol–water partition coefficient (Wildman–Crippen LogP) is 4.01. The van der Waals surface area contributed by atoms with E-state index in [4.69, 9.17) is 11.6 Å². The molecule has 2 atom stereocenters. The van der Waals surface area contributed by atoms with E-state index < -0.39 is 6.10 Å². The van der Waals surface area contributed by atoms with Crippen molar-refractivity contribution in [1.82, 2.24) is 9.55 Å². The average Bonchev–Trinajstić information content (AvgIpc) is 3.20. The molecule has 0 spiro atoms. The van der Waals surface area contributed by atoms with Crippen LogP contribution in [0.15, 0.2) is 41.9 Å².